The molecule has 1 atom stereocenters. The van der Waals surface area contributed by atoms with E-state index in [0.29, 0.717) is 17.5 Å². The third-order valence-corrected chi connectivity index (χ3v) is 5.63. The first-order valence-corrected chi connectivity index (χ1v) is 10.8. The molecule has 8 nitrogen and oxygen atoms in total. The molecule has 5 rings (SSSR count). The van der Waals surface area contributed by atoms with Crippen molar-refractivity contribution in [2.24, 2.45) is 0 Å². The van der Waals surface area contributed by atoms with Crippen LogP contribution >= 0.6 is 11.6 Å². The molecule has 1 N–H and O–H groups in total. The predicted molar refractivity (Wildman–Crippen MR) is 125 cm³/mol. The van der Waals surface area contributed by atoms with Gasteiger partial charge in [0.2, 0.25) is 5.91 Å². The fourth-order valence-corrected chi connectivity index (χ4v) is 3.91. The summed E-state index contributed by atoms with van der Waals surface area (Å²) in [5, 5.41) is 16.0. The van der Waals surface area contributed by atoms with Crippen LogP contribution in [0.2, 0.25) is 5.02 Å². The van der Waals surface area contributed by atoms with Crippen LogP contribution in [-0.2, 0) is 11.3 Å². The van der Waals surface area contributed by atoms with Crippen LogP contribution in [0.3, 0.4) is 0 Å². The minimum absolute atomic E-state index is 0.0642. The average Bonchev–Trinajstić information content (AvgIpc) is 3.35. The molecule has 164 valence electrons. The molecule has 3 heterocycles. The SMILES string of the molecule is O=C(CN1C(c2ccccc2)=C[C@H](c2ccc(Cl)cc2)n2nnnc21)NCc1cccnc1. The van der Waals surface area contributed by atoms with Gasteiger partial charge in [0.25, 0.3) is 5.95 Å². The lowest BCUT2D eigenvalue weighted by Gasteiger charge is -2.32. The monoisotopic (exact) mass is 457 g/mol. The van der Waals surface area contributed by atoms with Crippen molar-refractivity contribution in [2.75, 3.05) is 11.4 Å². The topological polar surface area (TPSA) is 88.8 Å². The number of tetrazole rings is 1. The Hall–Kier alpha value is -4.04. The van der Waals surface area contributed by atoms with Crippen LogP contribution in [0.15, 0.2) is 85.2 Å². The lowest BCUT2D eigenvalue weighted by atomic mass is 10.0. The van der Waals surface area contributed by atoms with Crippen molar-refractivity contribution >= 4 is 29.2 Å². The molecule has 1 amide bonds. The standard InChI is InChI=1S/C24H20ClN7O/c25-20-10-8-19(9-11-20)22-13-21(18-6-2-1-3-7-18)31(24-28-29-30-32(22)24)16-23(33)27-15-17-5-4-12-26-14-17/h1-14,22H,15-16H2,(H,27,33)/t22-/m1/s1. The molecular weight excluding hydrogens is 438 g/mol. The molecule has 0 aliphatic carbocycles. The number of hydrogen-bond donors (Lipinski definition) is 1. The quantitative estimate of drug-likeness (QED) is 0.476. The molecular formula is C24H20ClN7O. The van der Waals surface area contributed by atoms with Crippen LogP contribution in [-0.4, -0.2) is 37.6 Å². The smallest absolute Gasteiger partial charge is 0.251 e. The number of nitrogens with zero attached hydrogens (tertiary/aromatic N) is 6. The first-order valence-electron chi connectivity index (χ1n) is 10.4. The number of anilines is 1. The first-order chi connectivity index (χ1) is 16.2. The Morgan fingerprint density at radius 2 is 1.85 bits per heavy atom. The van der Waals surface area contributed by atoms with Crippen molar-refractivity contribution < 1.29 is 4.79 Å². The maximum atomic E-state index is 12.9. The number of aromatic nitrogens is 5. The van der Waals surface area contributed by atoms with Gasteiger partial charge in [-0.15, -0.1) is 0 Å². The van der Waals surface area contributed by atoms with Gasteiger partial charge >= 0.3 is 0 Å². The number of nitrogens with one attached hydrogen (secondary N) is 1. The summed E-state index contributed by atoms with van der Waals surface area (Å²) in [4.78, 5) is 18.8. The number of halogens is 1. The van der Waals surface area contributed by atoms with Gasteiger partial charge in [-0.2, -0.15) is 4.68 Å². The molecule has 0 spiro atoms. The molecule has 1 aliphatic heterocycles. The summed E-state index contributed by atoms with van der Waals surface area (Å²) in [5.74, 6) is 0.341. The molecule has 2 aromatic carbocycles. The molecule has 33 heavy (non-hydrogen) atoms. The zero-order chi connectivity index (χ0) is 22.6. The van der Waals surface area contributed by atoms with Crippen LogP contribution in [0.5, 0.6) is 0 Å². The van der Waals surface area contributed by atoms with Crippen LogP contribution in [0.25, 0.3) is 5.70 Å². The van der Waals surface area contributed by atoms with Gasteiger partial charge in [-0.25, -0.2) is 0 Å². The van der Waals surface area contributed by atoms with E-state index in [1.807, 2.05) is 71.6 Å². The van der Waals surface area contributed by atoms with Crippen LogP contribution in [0, 0.1) is 0 Å². The number of allylic oxidation sites excluding steroid dienone is 1. The highest BCUT2D eigenvalue weighted by Crippen LogP contribution is 2.36. The summed E-state index contributed by atoms with van der Waals surface area (Å²) in [6.07, 6.45) is 5.50. The predicted octanol–water partition coefficient (Wildman–Crippen LogP) is 3.49. The summed E-state index contributed by atoms with van der Waals surface area (Å²) in [5.41, 5.74) is 3.73. The molecule has 0 unspecified atom stereocenters. The zero-order valence-corrected chi connectivity index (χ0v) is 18.3. The van der Waals surface area contributed by atoms with E-state index >= 15 is 0 Å². The molecule has 1 aliphatic rings. The van der Waals surface area contributed by atoms with Crippen LogP contribution in [0.4, 0.5) is 5.95 Å². The van der Waals surface area contributed by atoms with E-state index < -0.39 is 0 Å². The number of benzene rings is 2. The van der Waals surface area contributed by atoms with E-state index in [4.69, 9.17) is 11.6 Å². The highest BCUT2D eigenvalue weighted by Gasteiger charge is 2.31. The van der Waals surface area contributed by atoms with Crippen molar-refractivity contribution in [3.63, 3.8) is 0 Å². The second-order valence-corrected chi connectivity index (χ2v) is 8.00. The van der Waals surface area contributed by atoms with Gasteiger partial charge in [0.1, 0.15) is 12.6 Å². The lowest BCUT2D eigenvalue weighted by molar-refractivity contribution is -0.119. The number of pyridine rings is 1. The van der Waals surface area contributed by atoms with E-state index in [1.54, 1.807) is 17.1 Å². The molecule has 4 aromatic rings. The Kier molecular flexibility index (Phi) is 5.82. The summed E-state index contributed by atoms with van der Waals surface area (Å²) in [6.45, 7) is 0.456. The second kappa shape index (κ2) is 9.22. The van der Waals surface area contributed by atoms with Crippen molar-refractivity contribution in [2.45, 2.75) is 12.6 Å². The summed E-state index contributed by atoms with van der Waals surface area (Å²) in [7, 11) is 0. The molecule has 0 saturated carbocycles. The number of carbonyl (C=O) groups excluding carboxylic acids is 1. The third-order valence-electron chi connectivity index (χ3n) is 5.38. The number of amides is 1. The molecule has 0 radical (unpaired) electrons. The Labute approximate surface area is 195 Å². The van der Waals surface area contributed by atoms with Gasteiger partial charge in [-0.1, -0.05) is 65.2 Å². The fraction of sp³-hybridized carbons (Fsp3) is 0.125. The fourth-order valence-electron chi connectivity index (χ4n) is 3.78. The van der Waals surface area contributed by atoms with Crippen molar-refractivity contribution in [3.05, 3.63) is 107 Å². The molecule has 0 saturated heterocycles. The Bertz CT molecular complexity index is 1270. The number of fused-ring (bicyclic) bond motifs is 1. The van der Waals surface area contributed by atoms with E-state index in [1.165, 1.54) is 0 Å². The number of hydrogen-bond acceptors (Lipinski definition) is 6. The van der Waals surface area contributed by atoms with Crippen molar-refractivity contribution in [1.82, 2.24) is 30.5 Å². The highest BCUT2D eigenvalue weighted by atomic mass is 35.5. The Morgan fingerprint density at radius 1 is 1.03 bits per heavy atom. The summed E-state index contributed by atoms with van der Waals surface area (Å²) < 4.78 is 1.71. The van der Waals surface area contributed by atoms with E-state index in [0.717, 1.165) is 22.4 Å². The van der Waals surface area contributed by atoms with Crippen LogP contribution < -0.4 is 10.2 Å². The zero-order valence-electron chi connectivity index (χ0n) is 17.5. The number of rotatable bonds is 6. The maximum Gasteiger partial charge on any atom is 0.251 e. The third kappa shape index (κ3) is 4.47. The van der Waals surface area contributed by atoms with E-state index in [-0.39, 0.29) is 18.5 Å². The summed E-state index contributed by atoms with van der Waals surface area (Å²) in [6, 6.07) is 21.0. The normalized spacial score (nSPS) is 15.0. The van der Waals surface area contributed by atoms with E-state index in [9.17, 15) is 4.79 Å². The van der Waals surface area contributed by atoms with Gasteiger partial charge in [-0.3, -0.25) is 14.7 Å². The van der Waals surface area contributed by atoms with Gasteiger partial charge in [-0.05, 0) is 51.4 Å². The molecule has 0 fully saturated rings. The van der Waals surface area contributed by atoms with Gasteiger partial charge in [0.05, 0.1) is 5.70 Å². The molecule has 2 aromatic heterocycles. The summed E-state index contributed by atoms with van der Waals surface area (Å²) >= 11 is 6.09. The van der Waals surface area contributed by atoms with Crippen molar-refractivity contribution in [3.8, 4) is 0 Å². The minimum atomic E-state index is -0.239. The average molecular weight is 458 g/mol. The Balaban J connectivity index is 1.47. The van der Waals surface area contributed by atoms with Gasteiger partial charge in [0, 0.05) is 24.0 Å². The maximum absolute atomic E-state index is 12.9. The second-order valence-electron chi connectivity index (χ2n) is 7.56. The van der Waals surface area contributed by atoms with Gasteiger partial charge < -0.3 is 5.32 Å². The molecule has 0 bridgehead atoms. The van der Waals surface area contributed by atoms with Gasteiger partial charge in [0.15, 0.2) is 0 Å². The van der Waals surface area contributed by atoms with Crippen LogP contribution in [0.1, 0.15) is 22.7 Å². The van der Waals surface area contributed by atoms with E-state index in [2.05, 4.69) is 31.9 Å². The largest absolute Gasteiger partial charge is 0.350 e. The van der Waals surface area contributed by atoms with Crippen molar-refractivity contribution in [1.29, 1.82) is 0 Å². The minimum Gasteiger partial charge on any atom is -0.350 e. The lowest BCUT2D eigenvalue weighted by Crippen LogP contribution is -2.39. The number of carbonyl (C=O) groups is 1. The first kappa shape index (κ1) is 20.8. The Morgan fingerprint density at radius 3 is 2.61 bits per heavy atom. The highest BCUT2D eigenvalue weighted by molar-refractivity contribution is 6.30. The molecule has 9 heteroatoms.